The number of nitrogens with one attached hydrogen (secondary N) is 1. The van der Waals surface area contributed by atoms with Crippen molar-refractivity contribution in [3.05, 3.63) is 46.5 Å². The lowest BCUT2D eigenvalue weighted by Crippen LogP contribution is -2.66. The second kappa shape index (κ2) is 14.6. The van der Waals surface area contributed by atoms with Crippen molar-refractivity contribution in [2.24, 2.45) is 0 Å². The summed E-state index contributed by atoms with van der Waals surface area (Å²) in [4.78, 5) is 44.1. The number of amides is 2. The Morgan fingerprint density at radius 2 is 1.86 bits per heavy atom. The number of anilines is 1. The van der Waals surface area contributed by atoms with Gasteiger partial charge in [-0.05, 0) is 71.0 Å². The number of halogens is 1. The molecule has 1 aromatic carbocycles. The highest BCUT2D eigenvalue weighted by atomic mass is 35.5. The number of epoxide rings is 1. The first-order chi connectivity index (χ1) is 23.5. The molecule has 1 unspecified atom stereocenters. The molecule has 15 heteroatoms. The maximum absolute atomic E-state index is 14.1. The number of fused-ring (bicyclic) bond motifs is 5. The molecule has 6 bridgehead atoms. The average molecular weight is 738 g/mol. The molecule has 0 radical (unpaired) electrons. The van der Waals surface area contributed by atoms with Crippen molar-refractivity contribution in [1.29, 1.82) is 0 Å². The maximum atomic E-state index is 14.1. The van der Waals surface area contributed by atoms with Gasteiger partial charge in [0.2, 0.25) is 5.91 Å². The van der Waals surface area contributed by atoms with Gasteiger partial charge in [0.15, 0.2) is 5.72 Å². The summed E-state index contributed by atoms with van der Waals surface area (Å²) in [7, 11) is 6.26. The lowest BCUT2D eigenvalue weighted by molar-refractivity contribution is -0.229. The number of ether oxygens (including phenoxy) is 6. The Balaban J connectivity index is 1.67. The van der Waals surface area contributed by atoms with E-state index in [1.165, 1.54) is 19.1 Å². The van der Waals surface area contributed by atoms with Crippen molar-refractivity contribution in [2.75, 3.05) is 39.0 Å². The fraction of sp³-hybridized carbons (Fsp3) is 0.629. The van der Waals surface area contributed by atoms with E-state index in [0.29, 0.717) is 30.0 Å². The van der Waals surface area contributed by atoms with Crippen molar-refractivity contribution >= 4 is 47.9 Å². The molecule has 50 heavy (non-hydrogen) atoms. The first-order valence-electron chi connectivity index (χ1n) is 16.6. The third-order valence-electron chi connectivity index (χ3n) is 10.4. The molecule has 1 aromatic rings. The zero-order valence-corrected chi connectivity index (χ0v) is 31.4. The highest BCUT2D eigenvalue weighted by Crippen LogP contribution is 2.49. The van der Waals surface area contributed by atoms with E-state index >= 15 is 0 Å². The number of benzene rings is 1. The number of allylic oxidation sites excluding steroid dienone is 3. The van der Waals surface area contributed by atoms with E-state index in [9.17, 15) is 19.5 Å². The van der Waals surface area contributed by atoms with E-state index in [0.717, 1.165) is 11.1 Å². The number of carbonyl (C=O) groups is 3. The van der Waals surface area contributed by atoms with E-state index in [-0.39, 0.29) is 17.9 Å². The topological polar surface area (TPSA) is 149 Å². The third-order valence-corrected chi connectivity index (χ3v) is 11.0. The van der Waals surface area contributed by atoms with Crippen LogP contribution in [0.25, 0.3) is 0 Å². The smallest absolute Gasteiger partial charge is 0.409 e. The minimum atomic E-state index is -1.90. The SMILES string of the molecule is COc1cc2cc(c1Cl)N(C)C(=O)C[C@@H]1OC(=O)[C@H](C)N(C)C(C)(CCS)O[C@H]([C@@H]3C[C@@](O)(NC(=O)O3)[C@H](OC)/C=C/C=C(\C)C2)[C@@H]2O[C@@]12C. The van der Waals surface area contributed by atoms with Crippen LogP contribution in [0.3, 0.4) is 0 Å². The molecule has 3 fully saturated rings. The van der Waals surface area contributed by atoms with Crippen molar-refractivity contribution in [3.8, 4) is 5.75 Å². The molecule has 3 saturated heterocycles. The summed E-state index contributed by atoms with van der Waals surface area (Å²) in [5.74, 6) is -0.180. The molecule has 9 atom stereocenters. The highest BCUT2D eigenvalue weighted by molar-refractivity contribution is 7.80. The second-order valence-electron chi connectivity index (χ2n) is 13.9. The third kappa shape index (κ3) is 7.39. The standard InChI is InChI=1S/C35H48ClN3O10S/c1-19-10-9-11-25(45-8)35(43)18-24(46-32(42)37-35)29-30-34(4,49-30)26(47-31(41)20(2)39(6)33(3,48-29)12-13-50)17-27(40)38(5)22-15-21(14-19)16-23(44-7)28(22)36/h9-11,15-16,20,24-26,29-30,43,50H,12-14,17-18H2,1-8H3,(H,37,42)/b11-9+,19-10+/t20-,24-,25+,26-,29+,30-,33?,34-,35-/m0/s1. The number of alkyl carbamates (subject to hydrolysis) is 1. The molecule has 0 aromatic heterocycles. The first-order valence-corrected chi connectivity index (χ1v) is 17.6. The lowest BCUT2D eigenvalue weighted by atomic mass is 9.87. The van der Waals surface area contributed by atoms with Gasteiger partial charge in [0.05, 0.1) is 19.2 Å². The molecule has 276 valence electrons. The van der Waals surface area contributed by atoms with Gasteiger partial charge < -0.3 is 38.4 Å². The van der Waals surface area contributed by atoms with Crippen molar-refractivity contribution in [3.63, 3.8) is 0 Å². The quantitative estimate of drug-likeness (QED) is 0.236. The van der Waals surface area contributed by atoms with E-state index in [2.05, 4.69) is 17.9 Å². The second-order valence-corrected chi connectivity index (χ2v) is 14.7. The number of hydrogen-bond donors (Lipinski definition) is 3. The molecular weight excluding hydrogens is 690 g/mol. The largest absolute Gasteiger partial charge is 0.495 e. The zero-order valence-electron chi connectivity index (χ0n) is 29.7. The normalized spacial score (nSPS) is 38.6. The van der Waals surface area contributed by atoms with Crippen molar-refractivity contribution in [2.45, 2.75) is 107 Å². The zero-order chi connectivity index (χ0) is 36.8. The summed E-state index contributed by atoms with van der Waals surface area (Å²) < 4.78 is 36.4. The molecule has 2 amide bonds. The van der Waals surface area contributed by atoms with Gasteiger partial charge >= 0.3 is 12.1 Å². The first kappa shape index (κ1) is 38.4. The minimum absolute atomic E-state index is 0.142. The van der Waals surface area contributed by atoms with Crippen LogP contribution in [0.15, 0.2) is 35.9 Å². The Hall–Kier alpha value is -2.85. The number of rotatable bonds is 4. The summed E-state index contributed by atoms with van der Waals surface area (Å²) in [5, 5.41) is 14.8. The fourth-order valence-corrected chi connectivity index (χ4v) is 7.75. The summed E-state index contributed by atoms with van der Waals surface area (Å²) >= 11 is 11.2. The summed E-state index contributed by atoms with van der Waals surface area (Å²) in [6, 6.07) is 2.80. The Morgan fingerprint density at radius 3 is 2.52 bits per heavy atom. The van der Waals surface area contributed by atoms with Gasteiger partial charge in [-0.15, -0.1) is 0 Å². The minimum Gasteiger partial charge on any atom is -0.495 e. The number of carbonyl (C=O) groups excluding carboxylic acids is 3. The fourth-order valence-electron chi connectivity index (χ4n) is 7.02. The molecule has 2 N–H and O–H groups in total. The van der Waals surface area contributed by atoms with Crippen LogP contribution >= 0.6 is 24.2 Å². The lowest BCUT2D eigenvalue weighted by Gasteiger charge is -2.47. The number of nitrogens with zero attached hydrogens (tertiary/aromatic N) is 2. The Labute approximate surface area is 303 Å². The van der Waals surface area contributed by atoms with Crippen LogP contribution in [0, 0.1) is 0 Å². The van der Waals surface area contributed by atoms with Crippen LogP contribution in [-0.4, -0.2) is 116 Å². The number of esters is 1. The molecular formula is C35H48ClN3O10S. The molecule has 0 saturated carbocycles. The van der Waals surface area contributed by atoms with Crippen molar-refractivity contribution < 1.29 is 47.9 Å². The van der Waals surface area contributed by atoms with Crippen LogP contribution < -0.4 is 15.0 Å². The maximum Gasteiger partial charge on any atom is 0.409 e. The monoisotopic (exact) mass is 737 g/mol. The van der Waals surface area contributed by atoms with Crippen LogP contribution in [-0.2, 0) is 39.7 Å². The van der Waals surface area contributed by atoms with Crippen LogP contribution in [0.4, 0.5) is 10.5 Å². The molecule has 0 aliphatic carbocycles. The van der Waals surface area contributed by atoms with Gasteiger partial charge in [0.1, 0.15) is 58.7 Å². The van der Waals surface area contributed by atoms with E-state index < -0.39 is 71.6 Å². The summed E-state index contributed by atoms with van der Waals surface area (Å²) in [6.07, 6.45) is -0.0724. The van der Waals surface area contributed by atoms with Gasteiger partial charge in [-0.2, -0.15) is 12.6 Å². The van der Waals surface area contributed by atoms with Gasteiger partial charge in [0, 0.05) is 20.6 Å². The number of methoxy groups -OCH3 is 2. The number of thiol groups is 1. The Bertz CT molecular complexity index is 1560. The van der Waals surface area contributed by atoms with Gasteiger partial charge in [-0.1, -0.05) is 35.4 Å². The molecule has 4 aliphatic rings. The summed E-state index contributed by atoms with van der Waals surface area (Å²) in [5.41, 5.74) is -2.08. The van der Waals surface area contributed by atoms with Gasteiger partial charge in [0.25, 0.3) is 0 Å². The average Bonchev–Trinajstić information content (AvgIpc) is 3.75. The van der Waals surface area contributed by atoms with E-state index in [1.807, 2.05) is 26.0 Å². The number of likely N-dealkylation sites (N-methyl/N-ethyl adjacent to an activating group) is 1. The van der Waals surface area contributed by atoms with Gasteiger partial charge in [-0.25, -0.2) is 4.79 Å². The molecule has 4 aliphatic heterocycles. The Kier molecular flexibility index (Phi) is 11.2. The highest BCUT2D eigenvalue weighted by Gasteiger charge is 2.67. The molecule has 13 nitrogen and oxygen atoms in total. The predicted octanol–water partition coefficient (Wildman–Crippen LogP) is 3.79. The molecule has 4 heterocycles. The van der Waals surface area contributed by atoms with Crippen molar-refractivity contribution in [1.82, 2.24) is 10.2 Å². The summed E-state index contributed by atoms with van der Waals surface area (Å²) in [6.45, 7) is 7.16. The molecule has 0 spiro atoms. The molecule has 5 rings (SSSR count). The van der Waals surface area contributed by atoms with Gasteiger partial charge in [-0.3, -0.25) is 19.8 Å². The van der Waals surface area contributed by atoms with Crippen LogP contribution in [0.5, 0.6) is 5.75 Å². The van der Waals surface area contributed by atoms with E-state index in [1.54, 1.807) is 51.1 Å². The Morgan fingerprint density at radius 1 is 1.14 bits per heavy atom. The number of aliphatic hydroxyl groups is 1. The number of hydrogen-bond acceptors (Lipinski definition) is 12. The van der Waals surface area contributed by atoms with Crippen LogP contribution in [0.1, 0.15) is 52.5 Å². The van der Waals surface area contributed by atoms with E-state index in [4.69, 9.17) is 40.0 Å². The predicted molar refractivity (Wildman–Crippen MR) is 189 cm³/mol. The van der Waals surface area contributed by atoms with Crippen LogP contribution in [0.2, 0.25) is 5.02 Å².